The van der Waals surface area contributed by atoms with E-state index in [-0.39, 0.29) is 11.6 Å². The van der Waals surface area contributed by atoms with Gasteiger partial charge in [0.25, 0.3) is 0 Å². The van der Waals surface area contributed by atoms with Gasteiger partial charge in [-0.1, -0.05) is 25.0 Å². The highest BCUT2D eigenvalue weighted by Gasteiger charge is 2.38. The molecule has 0 bridgehead atoms. The Hall–Kier alpha value is -1.71. The molecule has 1 aromatic carbocycles. The summed E-state index contributed by atoms with van der Waals surface area (Å²) >= 11 is 0. The molecule has 20 heavy (non-hydrogen) atoms. The smallest absolute Gasteiger partial charge is 0.318 e. The van der Waals surface area contributed by atoms with Crippen LogP contribution in [0.5, 0.6) is 0 Å². The molecule has 2 amide bonds. The topological polar surface area (TPSA) is 58.4 Å². The van der Waals surface area contributed by atoms with Crippen molar-refractivity contribution in [1.29, 1.82) is 0 Å². The molecule has 1 aromatic rings. The average Bonchev–Trinajstić information content (AvgIpc) is 3.10. The second kappa shape index (κ2) is 5.35. The molecule has 3 N–H and O–H groups in total. The number of carbonyl (C=O) groups is 1. The first-order valence-corrected chi connectivity index (χ1v) is 7.63. The lowest BCUT2D eigenvalue weighted by Crippen LogP contribution is -2.49. The van der Waals surface area contributed by atoms with Crippen molar-refractivity contribution in [2.45, 2.75) is 44.1 Å². The van der Waals surface area contributed by atoms with Gasteiger partial charge < -0.3 is 16.0 Å². The zero-order valence-electron chi connectivity index (χ0n) is 11.9. The number of anilines is 1. The molecule has 1 saturated carbocycles. The van der Waals surface area contributed by atoms with Crippen molar-refractivity contribution in [2.75, 3.05) is 18.8 Å². The molecular formula is C16H23N3O. The third-order valence-electron chi connectivity index (χ3n) is 4.66. The summed E-state index contributed by atoms with van der Waals surface area (Å²) < 4.78 is 0. The van der Waals surface area contributed by atoms with Crippen LogP contribution in [0, 0.1) is 0 Å². The van der Waals surface area contributed by atoms with Crippen LogP contribution in [0.3, 0.4) is 0 Å². The maximum absolute atomic E-state index is 12.4. The van der Waals surface area contributed by atoms with E-state index >= 15 is 0 Å². The molecule has 0 atom stereocenters. The number of hydrogen-bond acceptors (Lipinski definition) is 2. The van der Waals surface area contributed by atoms with Crippen molar-refractivity contribution in [2.24, 2.45) is 0 Å². The van der Waals surface area contributed by atoms with Crippen LogP contribution < -0.4 is 11.1 Å². The molecule has 0 radical (unpaired) electrons. The van der Waals surface area contributed by atoms with Crippen molar-refractivity contribution in [3.8, 4) is 0 Å². The zero-order chi connectivity index (χ0) is 14.0. The molecule has 4 nitrogen and oxygen atoms in total. The van der Waals surface area contributed by atoms with Crippen LogP contribution in [-0.4, -0.2) is 24.0 Å². The van der Waals surface area contributed by atoms with Crippen molar-refractivity contribution in [3.05, 3.63) is 29.8 Å². The Bertz CT molecular complexity index is 471. The van der Waals surface area contributed by atoms with E-state index < -0.39 is 0 Å². The van der Waals surface area contributed by atoms with Crippen molar-refractivity contribution >= 4 is 11.7 Å². The molecule has 1 aliphatic heterocycles. The highest BCUT2D eigenvalue weighted by atomic mass is 16.2. The monoisotopic (exact) mass is 273 g/mol. The van der Waals surface area contributed by atoms with E-state index in [1.807, 2.05) is 17.0 Å². The van der Waals surface area contributed by atoms with E-state index in [4.69, 9.17) is 5.73 Å². The van der Waals surface area contributed by atoms with Crippen molar-refractivity contribution < 1.29 is 4.79 Å². The van der Waals surface area contributed by atoms with Gasteiger partial charge in [-0.2, -0.15) is 0 Å². The van der Waals surface area contributed by atoms with Crippen LogP contribution in [0.2, 0.25) is 0 Å². The summed E-state index contributed by atoms with van der Waals surface area (Å²) in [5.41, 5.74) is 7.55. The summed E-state index contributed by atoms with van der Waals surface area (Å²) in [4.78, 5) is 14.4. The number of benzene rings is 1. The van der Waals surface area contributed by atoms with E-state index in [0.29, 0.717) is 0 Å². The number of nitrogen functional groups attached to an aromatic ring is 1. The van der Waals surface area contributed by atoms with Gasteiger partial charge in [-0.15, -0.1) is 0 Å². The summed E-state index contributed by atoms with van der Waals surface area (Å²) in [6.45, 7) is 1.79. The molecule has 0 unspecified atom stereocenters. The summed E-state index contributed by atoms with van der Waals surface area (Å²) in [6, 6.07) is 8.08. The molecule has 1 heterocycles. The van der Waals surface area contributed by atoms with E-state index in [0.717, 1.165) is 44.5 Å². The average molecular weight is 273 g/mol. The summed E-state index contributed by atoms with van der Waals surface area (Å²) in [5.74, 6) is 0. The third-order valence-corrected chi connectivity index (χ3v) is 4.66. The Labute approximate surface area is 120 Å². The lowest BCUT2D eigenvalue weighted by molar-refractivity contribution is 0.192. The van der Waals surface area contributed by atoms with Crippen LogP contribution in [0.4, 0.5) is 10.5 Å². The molecular weight excluding hydrogens is 250 g/mol. The largest absolute Gasteiger partial charge is 0.399 e. The molecule has 1 aliphatic carbocycles. The highest BCUT2D eigenvalue weighted by Crippen LogP contribution is 2.39. The Kier molecular flexibility index (Phi) is 3.55. The number of likely N-dealkylation sites (tertiary alicyclic amines) is 1. The first-order valence-electron chi connectivity index (χ1n) is 7.63. The minimum Gasteiger partial charge on any atom is -0.399 e. The van der Waals surface area contributed by atoms with Gasteiger partial charge in [0.05, 0.1) is 5.54 Å². The fraction of sp³-hybridized carbons (Fsp3) is 0.562. The second-order valence-corrected chi connectivity index (χ2v) is 6.04. The Morgan fingerprint density at radius 2 is 1.65 bits per heavy atom. The number of nitrogens with two attached hydrogens (primary N) is 1. The summed E-state index contributed by atoms with van der Waals surface area (Å²) in [6.07, 6.45) is 6.65. The minimum absolute atomic E-state index is 0.0984. The van der Waals surface area contributed by atoms with E-state index in [1.54, 1.807) is 0 Å². The number of nitrogens with zero attached hydrogens (tertiary/aromatic N) is 1. The number of rotatable bonds is 2. The molecule has 1 saturated heterocycles. The van der Waals surface area contributed by atoms with Gasteiger partial charge in [0.15, 0.2) is 0 Å². The van der Waals surface area contributed by atoms with Crippen LogP contribution in [-0.2, 0) is 5.54 Å². The van der Waals surface area contributed by atoms with Gasteiger partial charge in [0.2, 0.25) is 0 Å². The van der Waals surface area contributed by atoms with E-state index in [2.05, 4.69) is 17.4 Å². The zero-order valence-corrected chi connectivity index (χ0v) is 11.9. The quantitative estimate of drug-likeness (QED) is 0.814. The van der Waals surface area contributed by atoms with Gasteiger partial charge in [0, 0.05) is 18.8 Å². The number of hydrogen-bond donors (Lipinski definition) is 2. The maximum Gasteiger partial charge on any atom is 0.318 e. The summed E-state index contributed by atoms with van der Waals surface area (Å²) in [7, 11) is 0. The molecule has 0 spiro atoms. The Morgan fingerprint density at radius 3 is 2.25 bits per heavy atom. The van der Waals surface area contributed by atoms with Gasteiger partial charge in [-0.3, -0.25) is 0 Å². The standard InChI is InChI=1S/C16H23N3O/c17-14-7-5-13(6-8-14)16(9-1-2-10-16)18-15(20)19-11-3-4-12-19/h5-8H,1-4,9-12,17H2,(H,18,20). The normalized spacial score (nSPS) is 21.1. The number of carbonyl (C=O) groups excluding carboxylic acids is 1. The number of nitrogens with one attached hydrogen (secondary N) is 1. The fourth-order valence-corrected chi connectivity index (χ4v) is 3.47. The van der Waals surface area contributed by atoms with Gasteiger partial charge in [-0.05, 0) is 43.4 Å². The van der Waals surface area contributed by atoms with Crippen LogP contribution >= 0.6 is 0 Å². The lowest BCUT2D eigenvalue weighted by Gasteiger charge is -2.33. The molecule has 4 heteroatoms. The van der Waals surface area contributed by atoms with E-state index in [1.165, 1.54) is 18.4 Å². The first-order chi connectivity index (χ1) is 9.70. The predicted octanol–water partition coefficient (Wildman–Crippen LogP) is 2.84. The SMILES string of the molecule is Nc1ccc(C2(NC(=O)N3CCCC3)CCCC2)cc1. The molecule has 0 aromatic heterocycles. The molecule has 2 fully saturated rings. The highest BCUT2D eigenvalue weighted by molar-refractivity contribution is 5.75. The minimum atomic E-state index is -0.187. The van der Waals surface area contributed by atoms with Crippen LogP contribution in [0.1, 0.15) is 44.1 Å². The molecule has 2 aliphatic rings. The van der Waals surface area contributed by atoms with Gasteiger partial charge in [0.1, 0.15) is 0 Å². The maximum atomic E-state index is 12.4. The lowest BCUT2D eigenvalue weighted by atomic mass is 9.88. The van der Waals surface area contributed by atoms with Crippen molar-refractivity contribution in [3.63, 3.8) is 0 Å². The van der Waals surface area contributed by atoms with Crippen LogP contribution in [0.25, 0.3) is 0 Å². The van der Waals surface area contributed by atoms with Crippen LogP contribution in [0.15, 0.2) is 24.3 Å². The fourth-order valence-electron chi connectivity index (χ4n) is 3.47. The predicted molar refractivity (Wildman–Crippen MR) is 80.3 cm³/mol. The first kappa shape index (κ1) is 13.3. The van der Waals surface area contributed by atoms with Gasteiger partial charge in [-0.25, -0.2) is 4.79 Å². The van der Waals surface area contributed by atoms with Crippen molar-refractivity contribution in [1.82, 2.24) is 10.2 Å². The third kappa shape index (κ3) is 2.47. The Balaban J connectivity index is 1.80. The molecule has 3 rings (SSSR count). The Morgan fingerprint density at radius 1 is 1.05 bits per heavy atom. The van der Waals surface area contributed by atoms with E-state index in [9.17, 15) is 4.79 Å². The number of urea groups is 1. The number of amides is 2. The molecule has 108 valence electrons. The summed E-state index contributed by atoms with van der Waals surface area (Å²) in [5, 5.41) is 3.32. The van der Waals surface area contributed by atoms with Gasteiger partial charge >= 0.3 is 6.03 Å². The second-order valence-electron chi connectivity index (χ2n) is 6.04.